The number of nitrogens with one attached hydrogen (secondary N) is 2. The Hall–Kier alpha value is -3.61. The van der Waals surface area contributed by atoms with Gasteiger partial charge < -0.3 is 19.8 Å². The van der Waals surface area contributed by atoms with E-state index in [-0.39, 0.29) is 18.6 Å². The molecule has 0 aliphatic heterocycles. The van der Waals surface area contributed by atoms with Crippen LogP contribution in [0.15, 0.2) is 54.7 Å². The minimum absolute atomic E-state index is 0.161. The highest BCUT2D eigenvalue weighted by atomic mass is 16.5. The van der Waals surface area contributed by atoms with Gasteiger partial charge in [0, 0.05) is 23.5 Å². The second-order valence-electron chi connectivity index (χ2n) is 6.33. The number of ether oxygens (including phenoxy) is 2. The van der Waals surface area contributed by atoms with E-state index in [2.05, 4.69) is 10.3 Å². The van der Waals surface area contributed by atoms with Crippen LogP contribution >= 0.6 is 0 Å². The Morgan fingerprint density at radius 1 is 1.00 bits per heavy atom. The van der Waals surface area contributed by atoms with Gasteiger partial charge in [0.2, 0.25) is 0 Å². The molecule has 2 N–H and O–H groups in total. The Kier molecular flexibility index (Phi) is 6.63. The molecule has 3 aromatic rings. The van der Waals surface area contributed by atoms with Crippen LogP contribution in [0.4, 0.5) is 5.69 Å². The van der Waals surface area contributed by atoms with Crippen LogP contribution in [-0.2, 0) is 25.5 Å². The Bertz CT molecular complexity index is 1020. The number of para-hydroxylation sites is 2. The van der Waals surface area contributed by atoms with Gasteiger partial charge in [-0.25, -0.2) is 4.79 Å². The molecule has 29 heavy (non-hydrogen) atoms. The number of aromatic nitrogens is 1. The minimum Gasteiger partial charge on any atom is -0.462 e. The third-order valence-corrected chi connectivity index (χ3v) is 4.33. The second-order valence-corrected chi connectivity index (χ2v) is 6.33. The number of amides is 1. The molecule has 1 amide bonds. The van der Waals surface area contributed by atoms with Crippen LogP contribution in [0.3, 0.4) is 0 Å². The zero-order valence-electron chi connectivity index (χ0n) is 16.1. The third kappa shape index (κ3) is 5.22. The molecule has 0 spiro atoms. The van der Waals surface area contributed by atoms with E-state index in [0.29, 0.717) is 12.1 Å². The van der Waals surface area contributed by atoms with Crippen molar-refractivity contribution in [2.45, 2.75) is 19.8 Å². The number of benzene rings is 2. The first-order valence-electron chi connectivity index (χ1n) is 9.35. The number of fused-ring (bicyclic) bond motifs is 1. The lowest BCUT2D eigenvalue weighted by molar-refractivity contribution is -0.147. The van der Waals surface area contributed by atoms with E-state index in [4.69, 9.17) is 9.47 Å². The fraction of sp³-hybridized carbons (Fsp3) is 0.227. The topological polar surface area (TPSA) is 97.5 Å². The number of aromatic amines is 1. The van der Waals surface area contributed by atoms with Crippen molar-refractivity contribution in [2.24, 2.45) is 0 Å². The fourth-order valence-corrected chi connectivity index (χ4v) is 2.96. The quantitative estimate of drug-likeness (QED) is 0.570. The van der Waals surface area contributed by atoms with Crippen molar-refractivity contribution in [1.29, 1.82) is 0 Å². The van der Waals surface area contributed by atoms with Gasteiger partial charge in [-0.1, -0.05) is 30.3 Å². The smallest absolute Gasteiger partial charge is 0.340 e. The minimum atomic E-state index is -0.529. The summed E-state index contributed by atoms with van der Waals surface area (Å²) in [6.07, 6.45) is 2.54. The lowest BCUT2D eigenvalue weighted by Crippen LogP contribution is -2.22. The summed E-state index contributed by atoms with van der Waals surface area (Å²) in [6, 6.07) is 14.3. The first kappa shape index (κ1) is 20.1. The van der Waals surface area contributed by atoms with Crippen molar-refractivity contribution in [2.75, 3.05) is 18.5 Å². The molecule has 2 aromatic carbocycles. The van der Waals surface area contributed by atoms with Gasteiger partial charge in [0.15, 0.2) is 6.61 Å². The van der Waals surface area contributed by atoms with E-state index in [1.54, 1.807) is 31.2 Å². The summed E-state index contributed by atoms with van der Waals surface area (Å²) in [6.45, 7) is 1.51. The molecule has 0 aliphatic rings. The van der Waals surface area contributed by atoms with E-state index in [9.17, 15) is 14.4 Å². The molecule has 0 aliphatic carbocycles. The molecule has 0 saturated heterocycles. The molecule has 0 bridgehead atoms. The maximum atomic E-state index is 12.1. The molecule has 7 nitrogen and oxygen atoms in total. The maximum absolute atomic E-state index is 12.1. The number of hydrogen-bond acceptors (Lipinski definition) is 5. The van der Waals surface area contributed by atoms with Crippen LogP contribution in [0.1, 0.15) is 29.3 Å². The number of hydrogen-bond donors (Lipinski definition) is 2. The van der Waals surface area contributed by atoms with E-state index >= 15 is 0 Å². The lowest BCUT2D eigenvalue weighted by atomic mass is 10.1. The van der Waals surface area contributed by atoms with E-state index in [1.165, 1.54) is 0 Å². The predicted molar refractivity (Wildman–Crippen MR) is 109 cm³/mol. The molecule has 3 rings (SSSR count). The number of carbonyl (C=O) groups is 3. The number of aryl methyl sites for hydroxylation is 1. The van der Waals surface area contributed by atoms with Gasteiger partial charge in [-0.15, -0.1) is 0 Å². The molecular weight excluding hydrogens is 372 g/mol. The Labute approximate surface area is 168 Å². The van der Waals surface area contributed by atoms with Gasteiger partial charge in [-0.3, -0.25) is 9.59 Å². The van der Waals surface area contributed by atoms with E-state index in [0.717, 1.165) is 16.5 Å². The number of H-pyrrole nitrogens is 1. The summed E-state index contributed by atoms with van der Waals surface area (Å²) in [5.41, 5.74) is 2.58. The second kappa shape index (κ2) is 9.54. The molecule has 1 heterocycles. The largest absolute Gasteiger partial charge is 0.462 e. The molecule has 7 heteroatoms. The van der Waals surface area contributed by atoms with Crippen molar-refractivity contribution in [3.63, 3.8) is 0 Å². The van der Waals surface area contributed by atoms with Gasteiger partial charge in [0.05, 0.1) is 17.9 Å². The summed E-state index contributed by atoms with van der Waals surface area (Å²) in [5.74, 6) is -1.52. The molecule has 0 atom stereocenters. The molecule has 0 radical (unpaired) electrons. The summed E-state index contributed by atoms with van der Waals surface area (Å²) in [5, 5.41) is 3.64. The van der Waals surface area contributed by atoms with E-state index in [1.807, 2.05) is 30.5 Å². The normalized spacial score (nSPS) is 10.5. The summed E-state index contributed by atoms with van der Waals surface area (Å²) < 4.78 is 10.0. The summed E-state index contributed by atoms with van der Waals surface area (Å²) in [7, 11) is 0. The van der Waals surface area contributed by atoms with Crippen LogP contribution in [0.2, 0.25) is 0 Å². The molecule has 0 saturated carbocycles. The zero-order valence-corrected chi connectivity index (χ0v) is 16.1. The third-order valence-electron chi connectivity index (χ3n) is 4.33. The summed E-state index contributed by atoms with van der Waals surface area (Å²) in [4.78, 5) is 39.2. The standard InChI is InChI=1S/C22H22N2O5/c1-2-28-22(27)17-8-4-6-10-19(17)24-20(25)14-29-21(26)12-11-15-13-23-18-9-5-3-7-16(15)18/h3-10,13,23H,2,11-12,14H2,1H3,(H,24,25). The Balaban J connectivity index is 1.49. The first-order chi connectivity index (χ1) is 14.1. The molecule has 0 unspecified atom stereocenters. The predicted octanol–water partition coefficient (Wildman–Crippen LogP) is 3.46. The Morgan fingerprint density at radius 3 is 2.59 bits per heavy atom. The molecule has 150 valence electrons. The average molecular weight is 394 g/mol. The number of esters is 2. The fourth-order valence-electron chi connectivity index (χ4n) is 2.96. The van der Waals surface area contributed by atoms with Crippen molar-refractivity contribution in [3.8, 4) is 0 Å². The van der Waals surface area contributed by atoms with Crippen molar-refractivity contribution in [1.82, 2.24) is 4.98 Å². The van der Waals surface area contributed by atoms with Crippen LogP contribution in [0.5, 0.6) is 0 Å². The monoisotopic (exact) mass is 394 g/mol. The zero-order chi connectivity index (χ0) is 20.6. The highest BCUT2D eigenvalue weighted by Gasteiger charge is 2.15. The SMILES string of the molecule is CCOC(=O)c1ccccc1NC(=O)COC(=O)CCc1c[nH]c2ccccc12. The van der Waals surface area contributed by atoms with Crippen LogP contribution < -0.4 is 5.32 Å². The first-order valence-corrected chi connectivity index (χ1v) is 9.35. The molecule has 1 aromatic heterocycles. The van der Waals surface area contributed by atoms with Crippen LogP contribution in [0.25, 0.3) is 10.9 Å². The van der Waals surface area contributed by atoms with Crippen molar-refractivity contribution < 1.29 is 23.9 Å². The number of anilines is 1. The highest BCUT2D eigenvalue weighted by molar-refractivity contribution is 6.01. The van der Waals surface area contributed by atoms with Gasteiger partial charge in [-0.2, -0.15) is 0 Å². The summed E-state index contributed by atoms with van der Waals surface area (Å²) >= 11 is 0. The van der Waals surface area contributed by atoms with E-state index < -0.39 is 24.5 Å². The highest BCUT2D eigenvalue weighted by Crippen LogP contribution is 2.19. The van der Waals surface area contributed by atoms with Gasteiger partial charge >= 0.3 is 11.9 Å². The number of carbonyl (C=O) groups excluding carboxylic acids is 3. The van der Waals surface area contributed by atoms with Crippen molar-refractivity contribution >= 4 is 34.4 Å². The number of rotatable bonds is 8. The van der Waals surface area contributed by atoms with Crippen molar-refractivity contribution in [3.05, 3.63) is 65.9 Å². The Morgan fingerprint density at radius 2 is 1.76 bits per heavy atom. The van der Waals surface area contributed by atoms with Gasteiger partial charge in [-0.05, 0) is 37.1 Å². The molecular formula is C22H22N2O5. The van der Waals surface area contributed by atoms with Gasteiger partial charge in [0.1, 0.15) is 0 Å². The lowest BCUT2D eigenvalue weighted by Gasteiger charge is -2.10. The van der Waals surface area contributed by atoms with Gasteiger partial charge in [0.25, 0.3) is 5.91 Å². The van der Waals surface area contributed by atoms with Crippen LogP contribution in [0, 0.1) is 0 Å². The maximum Gasteiger partial charge on any atom is 0.340 e. The van der Waals surface area contributed by atoms with Crippen LogP contribution in [-0.4, -0.2) is 36.0 Å². The molecule has 0 fully saturated rings. The average Bonchev–Trinajstić information content (AvgIpc) is 3.14.